The predicted octanol–water partition coefficient (Wildman–Crippen LogP) is 4.93. The van der Waals surface area contributed by atoms with Gasteiger partial charge in [-0.3, -0.25) is 9.69 Å². The first-order chi connectivity index (χ1) is 12.1. The number of ether oxygens (including phenoxy) is 1. The lowest BCUT2D eigenvalue weighted by atomic mass is 9.94. The lowest BCUT2D eigenvalue weighted by Gasteiger charge is -2.29. The van der Waals surface area contributed by atoms with Crippen molar-refractivity contribution in [2.24, 2.45) is 0 Å². The smallest absolute Gasteiger partial charge is 0.266 e. The Morgan fingerprint density at radius 1 is 1.24 bits per heavy atom. The van der Waals surface area contributed by atoms with Crippen molar-refractivity contribution in [2.45, 2.75) is 51.2 Å². The molecule has 0 spiro atoms. The Balaban J connectivity index is 1.60. The molecule has 1 aliphatic carbocycles. The summed E-state index contributed by atoms with van der Waals surface area (Å²) in [7, 11) is 0. The number of fused-ring (bicyclic) bond motifs is 1. The summed E-state index contributed by atoms with van der Waals surface area (Å²) in [6.45, 7) is 2.01. The Hall–Kier alpha value is -1.59. The van der Waals surface area contributed by atoms with Crippen molar-refractivity contribution >= 4 is 40.3 Å². The second-order valence-electron chi connectivity index (χ2n) is 6.79. The first-order valence-electron chi connectivity index (χ1n) is 8.88. The standard InChI is InChI=1S/C20H21NO2S2/c1-13-15(11-14-7-5-6-10-17(14)23-13)12-18-19(22)21(20(24)25-18)16-8-3-2-4-9-16/h5-7,10-13,16H,2-4,8-9H2,1H3/b18-12+/t13-/m1/s1. The summed E-state index contributed by atoms with van der Waals surface area (Å²) < 4.78 is 6.68. The van der Waals surface area contributed by atoms with Gasteiger partial charge < -0.3 is 4.74 Å². The van der Waals surface area contributed by atoms with E-state index in [1.807, 2.05) is 42.2 Å². The van der Waals surface area contributed by atoms with Crippen LogP contribution in [0.3, 0.4) is 0 Å². The number of thiocarbonyl (C=S) groups is 1. The van der Waals surface area contributed by atoms with Crippen LogP contribution < -0.4 is 4.74 Å². The highest BCUT2D eigenvalue weighted by Crippen LogP contribution is 2.38. The molecular formula is C20H21NO2S2. The Bertz CT molecular complexity index is 778. The maximum Gasteiger partial charge on any atom is 0.266 e. The van der Waals surface area contributed by atoms with Crippen LogP contribution in [0, 0.1) is 0 Å². The summed E-state index contributed by atoms with van der Waals surface area (Å²) >= 11 is 6.94. The molecule has 2 aliphatic heterocycles. The first kappa shape index (κ1) is 16.9. The molecule has 0 bridgehead atoms. The van der Waals surface area contributed by atoms with Gasteiger partial charge in [0, 0.05) is 11.6 Å². The van der Waals surface area contributed by atoms with Gasteiger partial charge in [0.1, 0.15) is 16.2 Å². The highest BCUT2D eigenvalue weighted by atomic mass is 32.2. The van der Waals surface area contributed by atoms with Gasteiger partial charge in [-0.25, -0.2) is 0 Å². The summed E-state index contributed by atoms with van der Waals surface area (Å²) in [5.41, 5.74) is 2.07. The van der Waals surface area contributed by atoms with Gasteiger partial charge >= 0.3 is 0 Å². The minimum Gasteiger partial charge on any atom is -0.485 e. The molecule has 2 heterocycles. The molecule has 0 unspecified atom stereocenters. The number of hydrogen-bond acceptors (Lipinski definition) is 4. The molecule has 1 amide bonds. The molecular weight excluding hydrogens is 350 g/mol. The van der Waals surface area contributed by atoms with Gasteiger partial charge in [0.15, 0.2) is 0 Å². The van der Waals surface area contributed by atoms with Crippen LogP contribution in [0.1, 0.15) is 44.6 Å². The van der Waals surface area contributed by atoms with Crippen molar-refractivity contribution in [3.05, 3.63) is 46.4 Å². The highest BCUT2D eigenvalue weighted by Gasteiger charge is 2.37. The lowest BCUT2D eigenvalue weighted by molar-refractivity contribution is -0.124. The number of amides is 1. The van der Waals surface area contributed by atoms with Gasteiger partial charge in [-0.2, -0.15) is 0 Å². The van der Waals surface area contributed by atoms with Crippen molar-refractivity contribution in [2.75, 3.05) is 0 Å². The van der Waals surface area contributed by atoms with Crippen LogP contribution in [0.2, 0.25) is 0 Å². The van der Waals surface area contributed by atoms with Crippen LogP contribution in [-0.4, -0.2) is 27.3 Å². The molecule has 3 nitrogen and oxygen atoms in total. The van der Waals surface area contributed by atoms with Crippen LogP contribution in [0.4, 0.5) is 0 Å². The molecule has 0 N–H and O–H groups in total. The van der Waals surface area contributed by atoms with E-state index >= 15 is 0 Å². The van der Waals surface area contributed by atoms with E-state index < -0.39 is 0 Å². The zero-order valence-electron chi connectivity index (χ0n) is 14.2. The second kappa shape index (κ2) is 6.96. The molecule has 3 aliphatic rings. The normalized spacial score (nSPS) is 25.8. The number of hydrogen-bond donors (Lipinski definition) is 0. The number of rotatable bonds is 2. The molecule has 25 heavy (non-hydrogen) atoms. The summed E-state index contributed by atoms with van der Waals surface area (Å²) in [5, 5.41) is 0. The van der Waals surface area contributed by atoms with Crippen LogP contribution in [0.15, 0.2) is 40.8 Å². The molecule has 1 saturated carbocycles. The van der Waals surface area contributed by atoms with E-state index in [9.17, 15) is 4.79 Å². The van der Waals surface area contributed by atoms with Gasteiger partial charge in [-0.1, -0.05) is 61.4 Å². The summed E-state index contributed by atoms with van der Waals surface area (Å²) in [6.07, 6.45) is 9.76. The number of benzene rings is 1. The lowest BCUT2D eigenvalue weighted by Crippen LogP contribution is -2.39. The average Bonchev–Trinajstić information content (AvgIpc) is 2.90. The van der Waals surface area contributed by atoms with Crippen LogP contribution in [0.5, 0.6) is 5.75 Å². The molecule has 4 rings (SSSR count). The topological polar surface area (TPSA) is 29.5 Å². The second-order valence-corrected chi connectivity index (χ2v) is 8.46. The Kier molecular flexibility index (Phi) is 4.69. The predicted molar refractivity (Wildman–Crippen MR) is 107 cm³/mol. The third kappa shape index (κ3) is 3.27. The van der Waals surface area contributed by atoms with Gasteiger partial charge in [-0.05, 0) is 43.6 Å². The van der Waals surface area contributed by atoms with E-state index in [1.165, 1.54) is 31.0 Å². The van der Waals surface area contributed by atoms with Gasteiger partial charge in [0.05, 0.1) is 4.91 Å². The van der Waals surface area contributed by atoms with Crippen LogP contribution in [0.25, 0.3) is 6.08 Å². The highest BCUT2D eigenvalue weighted by molar-refractivity contribution is 8.26. The molecule has 5 heteroatoms. The van der Waals surface area contributed by atoms with Crippen molar-refractivity contribution in [3.8, 4) is 5.75 Å². The van der Waals surface area contributed by atoms with E-state index in [2.05, 4.69) is 6.08 Å². The molecule has 1 aromatic rings. The monoisotopic (exact) mass is 371 g/mol. The first-order valence-corrected chi connectivity index (χ1v) is 10.1. The Morgan fingerprint density at radius 2 is 2.00 bits per heavy atom. The van der Waals surface area contributed by atoms with E-state index in [1.54, 1.807) is 0 Å². The molecule has 1 aromatic carbocycles. The van der Waals surface area contributed by atoms with Gasteiger partial charge in [0.2, 0.25) is 0 Å². The molecule has 0 radical (unpaired) electrons. The zero-order valence-corrected chi connectivity index (χ0v) is 15.9. The van der Waals surface area contributed by atoms with Crippen LogP contribution in [-0.2, 0) is 4.79 Å². The fraction of sp³-hybridized carbons (Fsp3) is 0.400. The largest absolute Gasteiger partial charge is 0.485 e. The average molecular weight is 372 g/mol. The Morgan fingerprint density at radius 3 is 2.80 bits per heavy atom. The van der Waals surface area contributed by atoms with Crippen molar-refractivity contribution in [1.82, 2.24) is 4.90 Å². The zero-order chi connectivity index (χ0) is 17.4. The number of para-hydroxylation sites is 1. The number of nitrogens with zero attached hydrogens (tertiary/aromatic N) is 1. The molecule has 0 aromatic heterocycles. The fourth-order valence-electron chi connectivity index (χ4n) is 3.71. The van der Waals surface area contributed by atoms with E-state index in [0.29, 0.717) is 4.32 Å². The molecule has 1 saturated heterocycles. The third-order valence-corrected chi connectivity index (χ3v) is 6.41. The maximum atomic E-state index is 12.9. The third-order valence-electron chi connectivity index (χ3n) is 5.08. The summed E-state index contributed by atoms with van der Waals surface area (Å²) in [6, 6.07) is 8.25. The van der Waals surface area contributed by atoms with Crippen molar-refractivity contribution in [1.29, 1.82) is 0 Å². The van der Waals surface area contributed by atoms with Crippen molar-refractivity contribution in [3.63, 3.8) is 0 Å². The minimum absolute atomic E-state index is 0.0638. The minimum atomic E-state index is -0.0758. The molecule has 2 fully saturated rings. The number of carbonyl (C=O) groups excluding carboxylic acids is 1. The Labute approximate surface area is 158 Å². The van der Waals surface area contributed by atoms with E-state index in [-0.39, 0.29) is 18.1 Å². The summed E-state index contributed by atoms with van der Waals surface area (Å²) in [5.74, 6) is 0.954. The van der Waals surface area contributed by atoms with Gasteiger partial charge in [-0.15, -0.1) is 0 Å². The van der Waals surface area contributed by atoms with Crippen LogP contribution >= 0.6 is 24.0 Å². The number of thioether (sulfide) groups is 1. The quantitative estimate of drug-likeness (QED) is 0.545. The number of carbonyl (C=O) groups is 1. The SMILES string of the molecule is C[C@H]1Oc2ccccc2C=C1/C=C1/SC(=S)N(C2CCCCC2)C1=O. The summed E-state index contributed by atoms with van der Waals surface area (Å²) in [4.78, 5) is 15.5. The van der Waals surface area contributed by atoms with E-state index in [0.717, 1.165) is 34.6 Å². The van der Waals surface area contributed by atoms with E-state index in [4.69, 9.17) is 17.0 Å². The van der Waals surface area contributed by atoms with Crippen molar-refractivity contribution < 1.29 is 9.53 Å². The molecule has 130 valence electrons. The molecule has 1 atom stereocenters. The van der Waals surface area contributed by atoms with Gasteiger partial charge in [0.25, 0.3) is 5.91 Å². The maximum absolute atomic E-state index is 12.9. The fourth-order valence-corrected chi connectivity index (χ4v) is 5.11.